The van der Waals surface area contributed by atoms with Crippen LogP contribution in [-0.4, -0.2) is 29.5 Å². The number of anilines is 1. The number of aromatic nitrogens is 1. The molecule has 0 fully saturated rings. The number of nitro groups is 1. The Balaban J connectivity index is 1.60. The first-order chi connectivity index (χ1) is 16.0. The number of rotatable bonds is 8. The average Bonchev–Trinajstić information content (AvgIpc) is 3.21. The summed E-state index contributed by atoms with van der Waals surface area (Å²) in [5, 5.41) is 14.5. The third-order valence-corrected chi connectivity index (χ3v) is 5.52. The summed E-state index contributed by atoms with van der Waals surface area (Å²) in [4.78, 5) is 28.2. The smallest absolute Gasteiger partial charge is 0.286 e. The highest BCUT2D eigenvalue weighted by Crippen LogP contribution is 2.36. The van der Waals surface area contributed by atoms with Crippen molar-refractivity contribution in [1.29, 1.82) is 0 Å². The Morgan fingerprint density at radius 2 is 1.88 bits per heavy atom. The van der Waals surface area contributed by atoms with Crippen molar-refractivity contribution in [3.63, 3.8) is 0 Å². The maximum atomic E-state index is 12.9. The molecule has 0 bridgehead atoms. The van der Waals surface area contributed by atoms with Crippen LogP contribution in [-0.2, 0) is 0 Å². The average molecular weight is 465 g/mol. The molecule has 0 aliphatic rings. The van der Waals surface area contributed by atoms with Crippen LogP contribution >= 0.6 is 11.3 Å². The number of thiazole rings is 1. The lowest BCUT2D eigenvalue weighted by molar-refractivity contribution is -0.385. The van der Waals surface area contributed by atoms with E-state index in [-0.39, 0.29) is 17.1 Å². The number of hydrogen-bond donors (Lipinski definition) is 1. The Kier molecular flexibility index (Phi) is 6.36. The number of hydrogen-bond acceptors (Lipinski definition) is 8. The first-order valence-electron chi connectivity index (χ1n) is 9.92. The number of nitro benzene ring substituents is 1. The molecule has 1 heterocycles. The number of carbonyl (C=O) groups is 1. The van der Waals surface area contributed by atoms with Gasteiger partial charge in [-0.3, -0.25) is 20.2 Å². The number of para-hydroxylation sites is 1. The van der Waals surface area contributed by atoms with Crippen molar-refractivity contribution in [2.24, 2.45) is 0 Å². The van der Waals surface area contributed by atoms with Crippen molar-refractivity contribution >= 4 is 38.3 Å². The van der Waals surface area contributed by atoms with E-state index < -0.39 is 16.5 Å². The summed E-state index contributed by atoms with van der Waals surface area (Å²) in [6.07, 6.45) is 0. The number of methoxy groups -OCH3 is 1. The minimum atomic E-state index is -0.678. The summed E-state index contributed by atoms with van der Waals surface area (Å²) in [5.41, 5.74) is 0.110. The fraction of sp³-hybridized carbons (Fsp3) is 0.130. The van der Waals surface area contributed by atoms with Gasteiger partial charge in [0.1, 0.15) is 17.1 Å². The van der Waals surface area contributed by atoms with Crippen molar-refractivity contribution in [2.75, 3.05) is 19.0 Å². The topological polar surface area (TPSA) is 113 Å². The van der Waals surface area contributed by atoms with E-state index in [0.717, 1.165) is 4.70 Å². The molecule has 168 valence electrons. The van der Waals surface area contributed by atoms with Gasteiger partial charge in [0.15, 0.2) is 16.6 Å². The van der Waals surface area contributed by atoms with Gasteiger partial charge in [-0.15, -0.1) is 0 Å². The van der Waals surface area contributed by atoms with Gasteiger partial charge in [0.05, 0.1) is 34.9 Å². The van der Waals surface area contributed by atoms with Gasteiger partial charge in [0.25, 0.3) is 11.6 Å². The van der Waals surface area contributed by atoms with Crippen molar-refractivity contribution in [1.82, 2.24) is 4.98 Å². The number of ether oxygens (including phenoxy) is 3. The monoisotopic (exact) mass is 465 g/mol. The fourth-order valence-corrected chi connectivity index (χ4v) is 4.01. The molecule has 9 nitrogen and oxygen atoms in total. The molecule has 33 heavy (non-hydrogen) atoms. The fourth-order valence-electron chi connectivity index (χ4n) is 3.12. The molecular weight excluding hydrogens is 446 g/mol. The molecule has 3 aromatic carbocycles. The third kappa shape index (κ3) is 4.85. The highest BCUT2D eigenvalue weighted by Gasteiger charge is 2.25. The van der Waals surface area contributed by atoms with Crippen molar-refractivity contribution < 1.29 is 23.9 Å². The van der Waals surface area contributed by atoms with Crippen LogP contribution in [0.25, 0.3) is 10.2 Å². The summed E-state index contributed by atoms with van der Waals surface area (Å²) in [6, 6.07) is 17.2. The molecule has 0 spiro atoms. The van der Waals surface area contributed by atoms with Crippen LogP contribution in [0.4, 0.5) is 10.8 Å². The van der Waals surface area contributed by atoms with Crippen molar-refractivity contribution in [3.8, 4) is 23.0 Å². The van der Waals surface area contributed by atoms with Crippen LogP contribution in [0.3, 0.4) is 0 Å². The van der Waals surface area contributed by atoms with Gasteiger partial charge in [0, 0.05) is 12.1 Å². The number of nitrogens with one attached hydrogen (secondary N) is 1. The molecule has 4 aromatic rings. The minimum Gasteiger partial charge on any atom is -0.493 e. The van der Waals surface area contributed by atoms with Gasteiger partial charge in [0.2, 0.25) is 0 Å². The van der Waals surface area contributed by atoms with Crippen LogP contribution < -0.4 is 19.5 Å². The van der Waals surface area contributed by atoms with Crippen molar-refractivity contribution in [3.05, 3.63) is 76.3 Å². The number of nitrogens with zero attached hydrogens (tertiary/aromatic N) is 2. The second-order valence-corrected chi connectivity index (χ2v) is 7.76. The summed E-state index contributed by atoms with van der Waals surface area (Å²) in [5.74, 6) is 1.06. The quantitative estimate of drug-likeness (QED) is 0.264. The highest BCUT2D eigenvalue weighted by molar-refractivity contribution is 7.22. The summed E-state index contributed by atoms with van der Waals surface area (Å²) >= 11 is 1.23. The predicted octanol–water partition coefficient (Wildman–Crippen LogP) is 5.66. The first kappa shape index (κ1) is 22.0. The molecule has 0 saturated carbocycles. The number of carbonyl (C=O) groups excluding carboxylic acids is 1. The lowest BCUT2D eigenvalue weighted by Gasteiger charge is -2.11. The Labute approximate surface area is 192 Å². The second kappa shape index (κ2) is 9.53. The predicted molar refractivity (Wildman–Crippen MR) is 125 cm³/mol. The van der Waals surface area contributed by atoms with Crippen LogP contribution in [0.2, 0.25) is 0 Å². The summed E-state index contributed by atoms with van der Waals surface area (Å²) < 4.78 is 17.2. The van der Waals surface area contributed by atoms with E-state index in [1.165, 1.54) is 30.6 Å². The van der Waals surface area contributed by atoms with Gasteiger partial charge in [-0.1, -0.05) is 29.5 Å². The van der Waals surface area contributed by atoms with E-state index in [1.54, 1.807) is 19.1 Å². The van der Waals surface area contributed by atoms with E-state index in [0.29, 0.717) is 28.8 Å². The molecule has 0 aliphatic heterocycles. The Morgan fingerprint density at radius 3 is 2.58 bits per heavy atom. The van der Waals surface area contributed by atoms with Crippen LogP contribution in [0.5, 0.6) is 23.0 Å². The Hall–Kier alpha value is -4.18. The second-order valence-electron chi connectivity index (χ2n) is 6.73. The zero-order chi connectivity index (χ0) is 23.4. The van der Waals surface area contributed by atoms with Gasteiger partial charge in [-0.2, -0.15) is 0 Å². The van der Waals surface area contributed by atoms with Crippen LogP contribution in [0.1, 0.15) is 17.3 Å². The largest absolute Gasteiger partial charge is 0.493 e. The van der Waals surface area contributed by atoms with Gasteiger partial charge in [-0.05, 0) is 31.2 Å². The standard InChI is InChI=1S/C23H19N3O6S/c1-3-31-20-13-18(26(28)29)16(12-19(20)30-2)22(27)25-23-24-17-10-9-15(11-21(17)33-23)32-14-7-5-4-6-8-14/h4-13H,3H2,1-2H3,(H,24,25,27). The highest BCUT2D eigenvalue weighted by atomic mass is 32.1. The Bertz CT molecular complexity index is 1320. The van der Waals surface area contributed by atoms with Crippen LogP contribution in [0, 0.1) is 10.1 Å². The molecule has 10 heteroatoms. The molecule has 0 saturated heterocycles. The maximum absolute atomic E-state index is 12.9. The van der Waals surface area contributed by atoms with Crippen molar-refractivity contribution in [2.45, 2.75) is 6.92 Å². The molecule has 1 amide bonds. The molecule has 0 unspecified atom stereocenters. The molecule has 0 atom stereocenters. The zero-order valence-corrected chi connectivity index (χ0v) is 18.5. The SMILES string of the molecule is CCOc1cc([N+](=O)[O-])c(C(=O)Nc2nc3ccc(Oc4ccccc4)cc3s2)cc1OC. The molecule has 0 aliphatic carbocycles. The normalized spacial score (nSPS) is 10.6. The van der Waals surface area contributed by atoms with E-state index in [9.17, 15) is 14.9 Å². The minimum absolute atomic E-state index is 0.160. The van der Waals surface area contributed by atoms with Crippen LogP contribution in [0.15, 0.2) is 60.7 Å². The number of fused-ring (bicyclic) bond motifs is 1. The zero-order valence-electron chi connectivity index (χ0n) is 17.7. The molecule has 4 rings (SSSR count). The van der Waals surface area contributed by atoms with Gasteiger partial charge in [-0.25, -0.2) is 4.98 Å². The van der Waals surface area contributed by atoms with E-state index in [1.807, 2.05) is 36.4 Å². The molecule has 0 radical (unpaired) electrons. The Morgan fingerprint density at radius 1 is 1.09 bits per heavy atom. The van der Waals surface area contributed by atoms with Gasteiger partial charge < -0.3 is 14.2 Å². The van der Waals surface area contributed by atoms with E-state index >= 15 is 0 Å². The molecule has 1 N–H and O–H groups in total. The third-order valence-electron chi connectivity index (χ3n) is 4.58. The summed E-state index contributed by atoms with van der Waals surface area (Å²) in [7, 11) is 1.40. The van der Waals surface area contributed by atoms with E-state index in [4.69, 9.17) is 14.2 Å². The van der Waals surface area contributed by atoms with Gasteiger partial charge >= 0.3 is 0 Å². The lowest BCUT2D eigenvalue weighted by Crippen LogP contribution is -2.14. The maximum Gasteiger partial charge on any atom is 0.286 e. The van der Waals surface area contributed by atoms with E-state index in [2.05, 4.69) is 10.3 Å². The first-order valence-corrected chi connectivity index (χ1v) is 10.7. The number of amides is 1. The molecule has 1 aromatic heterocycles. The number of benzene rings is 3. The lowest BCUT2D eigenvalue weighted by atomic mass is 10.1. The molecular formula is C23H19N3O6S. The summed E-state index contributed by atoms with van der Waals surface area (Å²) in [6.45, 7) is 2.04.